The molecule has 7 aromatic rings. The standard InChI is InChI=1S/C37H24BN3O/c1-3-13-27(14-4-1)40-31-19-9-8-18-30(31)38-35-32(40)22-26(25-12-11-21-39-24-25)23-33(35)41(28-15-5-2-6-16-28)36-29-17-7-10-20-34(29)42-37(36)38/h1-24H/i11D,12D,21D,24D. The Bertz CT molecular complexity index is 2350. The summed E-state index contributed by atoms with van der Waals surface area (Å²) in [5, 5.41) is 0.984. The van der Waals surface area contributed by atoms with Crippen molar-refractivity contribution in [3.8, 4) is 11.1 Å². The van der Waals surface area contributed by atoms with Gasteiger partial charge < -0.3 is 14.2 Å². The predicted octanol–water partition coefficient (Wildman–Crippen LogP) is 7.58. The first-order chi connectivity index (χ1) is 22.5. The molecule has 0 fully saturated rings. The van der Waals surface area contributed by atoms with Gasteiger partial charge in [-0.05, 0) is 77.1 Å². The van der Waals surface area contributed by atoms with Crippen molar-refractivity contribution in [1.82, 2.24) is 4.98 Å². The third-order valence-corrected chi connectivity index (χ3v) is 8.26. The average molecular weight is 541 g/mol. The molecule has 0 saturated heterocycles. The zero-order valence-electron chi connectivity index (χ0n) is 26.4. The second-order valence-corrected chi connectivity index (χ2v) is 10.5. The first kappa shape index (κ1) is 19.5. The second-order valence-electron chi connectivity index (χ2n) is 10.5. The second kappa shape index (κ2) is 8.98. The Morgan fingerprint density at radius 3 is 2.14 bits per heavy atom. The van der Waals surface area contributed by atoms with E-state index in [1.54, 1.807) is 0 Å². The van der Waals surface area contributed by atoms with Crippen LogP contribution in [0.3, 0.4) is 0 Å². The minimum absolute atomic E-state index is 0.187. The molecule has 2 aromatic heterocycles. The van der Waals surface area contributed by atoms with Crippen molar-refractivity contribution in [1.29, 1.82) is 0 Å². The number of hydrogen-bond donors (Lipinski definition) is 0. The van der Waals surface area contributed by atoms with E-state index in [1.807, 2.05) is 72.8 Å². The molecule has 9 rings (SSSR count). The largest absolute Gasteiger partial charge is 0.468 e. The van der Waals surface area contributed by atoms with E-state index >= 15 is 0 Å². The van der Waals surface area contributed by atoms with Crippen LogP contribution in [0, 0.1) is 0 Å². The van der Waals surface area contributed by atoms with Crippen LogP contribution in [0.15, 0.2) is 150 Å². The number of furan rings is 1. The molecule has 0 saturated carbocycles. The van der Waals surface area contributed by atoms with Gasteiger partial charge in [-0.2, -0.15) is 0 Å². The van der Waals surface area contributed by atoms with Crippen LogP contribution in [0.25, 0.3) is 22.1 Å². The van der Waals surface area contributed by atoms with Crippen molar-refractivity contribution in [2.75, 3.05) is 9.80 Å². The van der Waals surface area contributed by atoms with Gasteiger partial charge in [0.15, 0.2) is 0 Å². The van der Waals surface area contributed by atoms with E-state index in [1.165, 1.54) is 0 Å². The fourth-order valence-electron chi connectivity index (χ4n) is 6.59. The number of para-hydroxylation sites is 4. The van der Waals surface area contributed by atoms with Gasteiger partial charge >= 0.3 is 0 Å². The summed E-state index contributed by atoms with van der Waals surface area (Å²) in [7, 11) is 0. The Balaban J connectivity index is 1.46. The molecule has 0 atom stereocenters. The molecule has 0 bridgehead atoms. The highest BCUT2D eigenvalue weighted by atomic mass is 16.3. The van der Waals surface area contributed by atoms with Crippen LogP contribution in [0.5, 0.6) is 0 Å². The Kier molecular flexibility index (Phi) is 4.17. The first-order valence-electron chi connectivity index (χ1n) is 15.9. The lowest BCUT2D eigenvalue weighted by Crippen LogP contribution is -2.61. The van der Waals surface area contributed by atoms with Crippen LogP contribution in [0.1, 0.15) is 5.48 Å². The number of aromatic nitrogens is 1. The molecule has 0 amide bonds. The van der Waals surface area contributed by atoms with E-state index in [9.17, 15) is 0 Å². The third kappa shape index (κ3) is 3.28. The fraction of sp³-hybridized carbons (Fsp3) is 0. The summed E-state index contributed by atoms with van der Waals surface area (Å²) in [6.07, 6.45) is -0.577. The van der Waals surface area contributed by atoms with Gasteiger partial charge in [-0.15, -0.1) is 0 Å². The predicted molar refractivity (Wildman–Crippen MR) is 173 cm³/mol. The number of benzene rings is 5. The molecule has 0 spiro atoms. The van der Waals surface area contributed by atoms with Crippen molar-refractivity contribution in [2.45, 2.75) is 0 Å². The summed E-state index contributed by atoms with van der Waals surface area (Å²) >= 11 is 0. The van der Waals surface area contributed by atoms with Gasteiger partial charge in [-0.1, -0.05) is 72.8 Å². The number of pyridine rings is 1. The maximum absolute atomic E-state index is 8.87. The molecule has 4 nitrogen and oxygen atoms in total. The number of nitrogens with zero attached hydrogens (tertiary/aromatic N) is 3. The lowest BCUT2D eigenvalue weighted by atomic mass is 9.35. The topological polar surface area (TPSA) is 32.5 Å². The molecule has 42 heavy (non-hydrogen) atoms. The molecule has 5 heteroatoms. The highest BCUT2D eigenvalue weighted by molar-refractivity contribution is 7.00. The van der Waals surface area contributed by atoms with Crippen LogP contribution in [0.2, 0.25) is 0 Å². The zero-order chi connectivity index (χ0) is 31.1. The highest BCUT2D eigenvalue weighted by Gasteiger charge is 2.46. The maximum atomic E-state index is 8.87. The SMILES string of the molecule is [2H]c1nc([2H])c(-c2cc3c4c(c2)N(c2ccccc2)c2c(oc5ccccc25)B4c2ccccc2N3c2ccccc2)c([2H])c1[2H]. The van der Waals surface area contributed by atoms with E-state index in [2.05, 4.69) is 63.3 Å². The van der Waals surface area contributed by atoms with E-state index in [4.69, 9.17) is 9.90 Å². The minimum Gasteiger partial charge on any atom is -0.468 e. The van der Waals surface area contributed by atoms with E-state index in [-0.39, 0.29) is 36.7 Å². The smallest absolute Gasteiger partial charge is 0.297 e. The Morgan fingerprint density at radius 1 is 0.667 bits per heavy atom. The molecule has 196 valence electrons. The van der Waals surface area contributed by atoms with Crippen molar-refractivity contribution in [3.05, 3.63) is 146 Å². The monoisotopic (exact) mass is 541 g/mol. The van der Waals surface area contributed by atoms with Gasteiger partial charge in [0.25, 0.3) is 6.71 Å². The summed E-state index contributed by atoms with van der Waals surface area (Å²) < 4.78 is 40.9. The number of rotatable bonds is 3. The highest BCUT2D eigenvalue weighted by Crippen LogP contribution is 2.47. The molecular formula is C37H24BN3O. The zero-order valence-corrected chi connectivity index (χ0v) is 22.4. The van der Waals surface area contributed by atoms with E-state index < -0.39 is 0 Å². The molecule has 0 aliphatic carbocycles. The van der Waals surface area contributed by atoms with Gasteiger partial charge in [0.05, 0.1) is 16.8 Å². The number of anilines is 6. The average Bonchev–Trinajstić information content (AvgIpc) is 3.47. The lowest BCUT2D eigenvalue weighted by molar-refractivity contribution is 0.651. The quantitative estimate of drug-likeness (QED) is 0.216. The van der Waals surface area contributed by atoms with Crippen LogP contribution in [-0.2, 0) is 0 Å². The van der Waals surface area contributed by atoms with E-state index in [0.29, 0.717) is 5.56 Å². The van der Waals surface area contributed by atoms with Gasteiger partial charge in [0, 0.05) is 51.7 Å². The maximum Gasteiger partial charge on any atom is 0.297 e. The van der Waals surface area contributed by atoms with Crippen LogP contribution < -0.4 is 26.4 Å². The fourth-order valence-corrected chi connectivity index (χ4v) is 6.59. The summed E-state index contributed by atoms with van der Waals surface area (Å²) in [5.74, 6) is 0. The minimum atomic E-state index is -0.377. The lowest BCUT2D eigenvalue weighted by Gasteiger charge is -2.42. The third-order valence-electron chi connectivity index (χ3n) is 8.26. The van der Waals surface area contributed by atoms with E-state index in [0.717, 1.165) is 61.7 Å². The van der Waals surface area contributed by atoms with Crippen LogP contribution >= 0.6 is 0 Å². The first-order valence-corrected chi connectivity index (χ1v) is 13.9. The molecule has 2 aliphatic heterocycles. The van der Waals surface area contributed by atoms with Gasteiger partial charge in [0.2, 0.25) is 0 Å². The van der Waals surface area contributed by atoms with Crippen molar-refractivity contribution in [3.63, 3.8) is 0 Å². The van der Waals surface area contributed by atoms with Gasteiger partial charge in [0.1, 0.15) is 5.58 Å². The van der Waals surface area contributed by atoms with Crippen LogP contribution in [0.4, 0.5) is 34.1 Å². The van der Waals surface area contributed by atoms with Crippen molar-refractivity contribution in [2.24, 2.45) is 0 Å². The Labute approximate surface area is 249 Å². The molecule has 5 aromatic carbocycles. The summed E-state index contributed by atoms with van der Waals surface area (Å²) in [5.41, 5.74) is 10.2. The summed E-state index contributed by atoms with van der Waals surface area (Å²) in [4.78, 5) is 8.50. The number of fused-ring (bicyclic) bond motifs is 6. The molecule has 0 unspecified atom stereocenters. The molecular weight excluding hydrogens is 513 g/mol. The van der Waals surface area contributed by atoms with Crippen LogP contribution in [-0.4, -0.2) is 11.7 Å². The summed E-state index contributed by atoms with van der Waals surface area (Å²) in [6, 6.07) is 40.3. The molecule has 2 aliphatic rings. The van der Waals surface area contributed by atoms with Crippen molar-refractivity contribution < 1.29 is 9.90 Å². The summed E-state index contributed by atoms with van der Waals surface area (Å²) in [6.45, 7) is -0.232. The Hall–Kier alpha value is -5.55. The Morgan fingerprint density at radius 2 is 1.33 bits per heavy atom. The van der Waals surface area contributed by atoms with Crippen molar-refractivity contribution >= 4 is 68.4 Å². The van der Waals surface area contributed by atoms with Gasteiger partial charge in [-0.25, -0.2) is 0 Å². The molecule has 0 N–H and O–H groups in total. The van der Waals surface area contributed by atoms with Gasteiger partial charge in [-0.3, -0.25) is 4.98 Å². The molecule has 0 radical (unpaired) electrons. The molecule has 4 heterocycles. The normalized spacial score (nSPS) is 14.4. The number of hydrogen-bond acceptors (Lipinski definition) is 4.